The maximum absolute atomic E-state index is 5.46. The van der Waals surface area contributed by atoms with Gasteiger partial charge in [0.05, 0.1) is 12.6 Å². The topological polar surface area (TPSA) is 64.9 Å². The zero-order valence-electron chi connectivity index (χ0n) is 11.6. The summed E-state index contributed by atoms with van der Waals surface area (Å²) < 4.78 is 7.41. The monoisotopic (exact) mass is 273 g/mol. The van der Waals surface area contributed by atoms with Crippen LogP contribution in [-0.2, 0) is 0 Å². The van der Waals surface area contributed by atoms with Crippen molar-refractivity contribution in [2.24, 2.45) is 0 Å². The first-order chi connectivity index (χ1) is 9.88. The van der Waals surface area contributed by atoms with Gasteiger partial charge in [-0.2, -0.15) is 0 Å². The van der Waals surface area contributed by atoms with Gasteiger partial charge >= 0.3 is 0 Å². The summed E-state index contributed by atoms with van der Waals surface area (Å²) in [6, 6.07) is 8.32. The van der Waals surface area contributed by atoms with Gasteiger partial charge in [-0.15, -0.1) is 5.10 Å². The molecule has 0 spiro atoms. The molecule has 6 heteroatoms. The number of hydrogen-bond acceptors (Lipinski definition) is 5. The van der Waals surface area contributed by atoms with Crippen molar-refractivity contribution in [1.29, 1.82) is 0 Å². The van der Waals surface area contributed by atoms with Crippen LogP contribution >= 0.6 is 0 Å². The molecule has 0 saturated carbocycles. The van der Waals surface area contributed by atoms with Gasteiger partial charge in [-0.3, -0.25) is 0 Å². The summed E-state index contributed by atoms with van der Waals surface area (Å²) in [6.07, 6.45) is 2.13. The number of nitrogens with zero attached hydrogens (tertiary/aromatic N) is 4. The number of hydrogen-bond donors (Lipinski definition) is 1. The zero-order chi connectivity index (χ0) is 13.8. The lowest BCUT2D eigenvalue weighted by atomic mass is 10.1. The van der Waals surface area contributed by atoms with E-state index in [1.54, 1.807) is 0 Å². The molecule has 1 N–H and O–H groups in total. The fourth-order valence-corrected chi connectivity index (χ4v) is 2.55. The highest BCUT2D eigenvalue weighted by Crippen LogP contribution is 2.25. The van der Waals surface area contributed by atoms with Gasteiger partial charge in [-0.05, 0) is 67.5 Å². The summed E-state index contributed by atoms with van der Waals surface area (Å²) in [5.74, 6) is 1.71. The summed E-state index contributed by atoms with van der Waals surface area (Å²) in [7, 11) is 0. The minimum atomic E-state index is 0.382. The van der Waals surface area contributed by atoms with Crippen LogP contribution in [0, 0.1) is 0 Å². The highest BCUT2D eigenvalue weighted by atomic mass is 16.5. The van der Waals surface area contributed by atoms with E-state index in [1.807, 2.05) is 35.9 Å². The molecule has 1 aliphatic heterocycles. The fourth-order valence-electron chi connectivity index (χ4n) is 2.55. The van der Waals surface area contributed by atoms with Crippen LogP contribution in [0.2, 0.25) is 0 Å². The van der Waals surface area contributed by atoms with E-state index in [0.717, 1.165) is 43.1 Å². The van der Waals surface area contributed by atoms with Gasteiger partial charge in [-0.25, -0.2) is 4.68 Å². The smallest absolute Gasteiger partial charge is 0.182 e. The van der Waals surface area contributed by atoms with Crippen molar-refractivity contribution >= 4 is 0 Å². The molecule has 2 aromatic rings. The van der Waals surface area contributed by atoms with Crippen LogP contribution in [0.1, 0.15) is 25.8 Å². The van der Waals surface area contributed by atoms with E-state index in [1.165, 1.54) is 0 Å². The SMILES string of the molecule is CCOc1ccc(-c2nnnn2C2CCNCC2)cc1. The van der Waals surface area contributed by atoms with Crippen LogP contribution in [0.25, 0.3) is 11.4 Å². The van der Waals surface area contributed by atoms with Crippen molar-refractivity contribution in [2.75, 3.05) is 19.7 Å². The second kappa shape index (κ2) is 6.00. The number of aromatic nitrogens is 4. The lowest BCUT2D eigenvalue weighted by molar-refractivity contribution is 0.339. The maximum Gasteiger partial charge on any atom is 0.182 e. The van der Waals surface area contributed by atoms with Crippen molar-refractivity contribution in [3.8, 4) is 17.1 Å². The molecular weight excluding hydrogens is 254 g/mol. The number of ether oxygens (including phenoxy) is 1. The molecule has 0 atom stereocenters. The number of rotatable bonds is 4. The summed E-state index contributed by atoms with van der Waals surface area (Å²) >= 11 is 0. The predicted octanol–water partition coefficient (Wildman–Crippen LogP) is 1.66. The maximum atomic E-state index is 5.46. The first-order valence-corrected chi connectivity index (χ1v) is 7.10. The van der Waals surface area contributed by atoms with Gasteiger partial charge in [-0.1, -0.05) is 0 Å². The Morgan fingerprint density at radius 2 is 2.00 bits per heavy atom. The van der Waals surface area contributed by atoms with E-state index in [2.05, 4.69) is 20.8 Å². The van der Waals surface area contributed by atoms with Gasteiger partial charge < -0.3 is 10.1 Å². The van der Waals surface area contributed by atoms with Gasteiger partial charge in [0, 0.05) is 5.56 Å². The van der Waals surface area contributed by atoms with E-state index in [0.29, 0.717) is 12.6 Å². The molecule has 0 aliphatic carbocycles. The van der Waals surface area contributed by atoms with E-state index < -0.39 is 0 Å². The molecule has 20 heavy (non-hydrogen) atoms. The van der Waals surface area contributed by atoms with E-state index in [-0.39, 0.29) is 0 Å². The van der Waals surface area contributed by atoms with Crippen LogP contribution in [0.15, 0.2) is 24.3 Å². The highest BCUT2D eigenvalue weighted by Gasteiger charge is 2.20. The van der Waals surface area contributed by atoms with E-state index >= 15 is 0 Å². The van der Waals surface area contributed by atoms with Crippen LogP contribution in [0.4, 0.5) is 0 Å². The molecule has 2 heterocycles. The second-order valence-corrected chi connectivity index (χ2v) is 4.89. The first kappa shape index (κ1) is 13.1. The Morgan fingerprint density at radius 1 is 1.25 bits per heavy atom. The molecule has 0 unspecified atom stereocenters. The largest absolute Gasteiger partial charge is 0.494 e. The molecule has 1 aromatic heterocycles. The minimum Gasteiger partial charge on any atom is -0.494 e. The Morgan fingerprint density at radius 3 is 2.70 bits per heavy atom. The fraction of sp³-hybridized carbons (Fsp3) is 0.500. The number of benzene rings is 1. The van der Waals surface area contributed by atoms with Crippen molar-refractivity contribution in [1.82, 2.24) is 25.5 Å². The Bertz CT molecular complexity index is 545. The molecule has 0 bridgehead atoms. The van der Waals surface area contributed by atoms with Crippen molar-refractivity contribution in [2.45, 2.75) is 25.8 Å². The molecule has 0 radical (unpaired) electrons. The van der Waals surface area contributed by atoms with Crippen molar-refractivity contribution in [3.05, 3.63) is 24.3 Å². The molecule has 3 rings (SSSR count). The Kier molecular flexibility index (Phi) is 3.92. The third-order valence-electron chi connectivity index (χ3n) is 3.57. The highest BCUT2D eigenvalue weighted by molar-refractivity contribution is 5.56. The summed E-state index contributed by atoms with van der Waals surface area (Å²) in [5.41, 5.74) is 1.02. The number of nitrogens with one attached hydrogen (secondary N) is 1. The van der Waals surface area contributed by atoms with Gasteiger partial charge in [0.25, 0.3) is 0 Å². The second-order valence-electron chi connectivity index (χ2n) is 4.89. The van der Waals surface area contributed by atoms with Crippen LogP contribution in [0.5, 0.6) is 5.75 Å². The van der Waals surface area contributed by atoms with Crippen molar-refractivity contribution < 1.29 is 4.74 Å². The predicted molar refractivity (Wildman–Crippen MR) is 75.6 cm³/mol. The van der Waals surface area contributed by atoms with Gasteiger partial charge in [0.2, 0.25) is 0 Å². The normalized spacial score (nSPS) is 16.2. The molecule has 1 aliphatic rings. The third-order valence-corrected chi connectivity index (χ3v) is 3.57. The Hall–Kier alpha value is -1.95. The average Bonchev–Trinajstić information content (AvgIpc) is 2.99. The van der Waals surface area contributed by atoms with Crippen LogP contribution in [0.3, 0.4) is 0 Å². The molecule has 6 nitrogen and oxygen atoms in total. The lowest BCUT2D eigenvalue weighted by Gasteiger charge is -2.23. The average molecular weight is 273 g/mol. The van der Waals surface area contributed by atoms with Crippen LogP contribution in [-0.4, -0.2) is 39.9 Å². The summed E-state index contributed by atoms with van der Waals surface area (Å²) in [5, 5.41) is 15.6. The summed E-state index contributed by atoms with van der Waals surface area (Å²) in [6.45, 7) is 4.69. The lowest BCUT2D eigenvalue weighted by Crippen LogP contribution is -2.30. The van der Waals surface area contributed by atoms with Crippen molar-refractivity contribution in [3.63, 3.8) is 0 Å². The summed E-state index contributed by atoms with van der Waals surface area (Å²) in [4.78, 5) is 0. The van der Waals surface area contributed by atoms with E-state index in [9.17, 15) is 0 Å². The quantitative estimate of drug-likeness (QED) is 0.918. The minimum absolute atomic E-state index is 0.382. The number of piperidine rings is 1. The first-order valence-electron chi connectivity index (χ1n) is 7.10. The standard InChI is InChI=1S/C14H19N5O/c1-2-20-13-5-3-11(4-6-13)14-16-17-18-19(14)12-7-9-15-10-8-12/h3-6,12,15H,2,7-10H2,1H3. The molecular formula is C14H19N5O. The van der Waals surface area contributed by atoms with Crippen LogP contribution < -0.4 is 10.1 Å². The molecule has 0 amide bonds. The third kappa shape index (κ3) is 2.65. The molecule has 106 valence electrons. The number of tetrazole rings is 1. The Balaban J connectivity index is 1.84. The molecule has 1 aromatic carbocycles. The van der Waals surface area contributed by atoms with E-state index in [4.69, 9.17) is 4.74 Å². The molecule has 1 saturated heterocycles. The Labute approximate surface area is 118 Å². The van der Waals surface area contributed by atoms with Gasteiger partial charge in [0.15, 0.2) is 5.82 Å². The zero-order valence-corrected chi connectivity index (χ0v) is 11.6. The van der Waals surface area contributed by atoms with Gasteiger partial charge in [0.1, 0.15) is 5.75 Å². The molecule has 1 fully saturated rings.